The average Bonchev–Trinajstić information content (AvgIpc) is 1.82. The summed E-state index contributed by atoms with van der Waals surface area (Å²) in [6.45, 7) is 1.90. The van der Waals surface area contributed by atoms with Crippen LogP contribution in [-0.2, 0) is 0 Å². The molecule has 1 fully saturated rings. The van der Waals surface area contributed by atoms with Crippen LogP contribution in [-0.4, -0.2) is 33.6 Å². The van der Waals surface area contributed by atoms with Crippen molar-refractivity contribution in [3.63, 3.8) is 0 Å². The van der Waals surface area contributed by atoms with E-state index in [4.69, 9.17) is 15.3 Å². The summed E-state index contributed by atoms with van der Waals surface area (Å²) in [6.07, 6.45) is -0.430. The van der Waals surface area contributed by atoms with Crippen molar-refractivity contribution in [3.8, 4) is 0 Å². The summed E-state index contributed by atoms with van der Waals surface area (Å²) >= 11 is 0. The molecule has 0 aromatic heterocycles. The van der Waals surface area contributed by atoms with Crippen LogP contribution in [0.15, 0.2) is 0 Å². The van der Waals surface area contributed by atoms with Crippen LogP contribution in [0.4, 0.5) is 0 Å². The molecule has 0 aromatic rings. The number of hydrogen-bond donors (Lipinski definition) is 3. The van der Waals surface area contributed by atoms with Crippen molar-refractivity contribution in [1.29, 1.82) is 0 Å². The van der Waals surface area contributed by atoms with Gasteiger partial charge in [0.1, 0.15) is 6.10 Å². The zero-order valence-corrected chi connectivity index (χ0v) is 5.94. The van der Waals surface area contributed by atoms with Gasteiger partial charge in [0.2, 0.25) is 0 Å². The maximum atomic E-state index is 9.09. The third-order valence-electron chi connectivity index (χ3n) is 1.88. The standard InChI is InChI=1S/C7H13O3/c1-4-2-5(8)7(10)6(9)3-4/h2,4-10H,3H2,1H3. The summed E-state index contributed by atoms with van der Waals surface area (Å²) in [5.41, 5.74) is 0. The van der Waals surface area contributed by atoms with E-state index in [-0.39, 0.29) is 5.92 Å². The van der Waals surface area contributed by atoms with E-state index in [0.717, 1.165) is 0 Å². The van der Waals surface area contributed by atoms with E-state index in [0.29, 0.717) is 6.42 Å². The smallest absolute Gasteiger partial charge is 0.106 e. The quantitative estimate of drug-likeness (QED) is 0.423. The van der Waals surface area contributed by atoms with E-state index in [1.165, 1.54) is 0 Å². The van der Waals surface area contributed by atoms with Gasteiger partial charge >= 0.3 is 0 Å². The normalized spacial score (nSPS) is 49.2. The number of hydrogen-bond acceptors (Lipinski definition) is 3. The van der Waals surface area contributed by atoms with E-state index in [9.17, 15) is 0 Å². The molecule has 0 aromatic carbocycles. The fourth-order valence-electron chi connectivity index (χ4n) is 1.28. The maximum absolute atomic E-state index is 9.09. The van der Waals surface area contributed by atoms with Crippen molar-refractivity contribution >= 4 is 0 Å². The highest BCUT2D eigenvalue weighted by atomic mass is 16.4. The molecular formula is C7H13O3. The molecule has 3 N–H and O–H groups in total. The summed E-state index contributed by atoms with van der Waals surface area (Å²) in [6, 6.07) is 0. The van der Waals surface area contributed by atoms with Crippen molar-refractivity contribution in [2.45, 2.75) is 31.7 Å². The molecular weight excluding hydrogens is 132 g/mol. The minimum atomic E-state index is -0.990. The van der Waals surface area contributed by atoms with Gasteiger partial charge in [-0.05, 0) is 18.8 Å². The van der Waals surface area contributed by atoms with Crippen LogP contribution in [0.5, 0.6) is 0 Å². The van der Waals surface area contributed by atoms with Crippen molar-refractivity contribution in [2.24, 2.45) is 5.92 Å². The lowest BCUT2D eigenvalue weighted by Gasteiger charge is -2.31. The Bertz CT molecular complexity index is 103. The average molecular weight is 145 g/mol. The zero-order valence-electron chi connectivity index (χ0n) is 5.94. The van der Waals surface area contributed by atoms with Gasteiger partial charge in [0.25, 0.3) is 0 Å². The molecule has 0 saturated heterocycles. The van der Waals surface area contributed by atoms with Crippen LogP contribution in [0, 0.1) is 12.3 Å². The highest BCUT2D eigenvalue weighted by Gasteiger charge is 2.32. The van der Waals surface area contributed by atoms with E-state index >= 15 is 0 Å². The third kappa shape index (κ3) is 1.48. The van der Waals surface area contributed by atoms with Gasteiger partial charge in [-0.1, -0.05) is 6.92 Å². The van der Waals surface area contributed by atoms with Gasteiger partial charge in [-0.3, -0.25) is 0 Å². The Balaban J connectivity index is 2.49. The first-order chi connectivity index (χ1) is 4.61. The fourth-order valence-corrected chi connectivity index (χ4v) is 1.28. The highest BCUT2D eigenvalue weighted by Crippen LogP contribution is 2.23. The third-order valence-corrected chi connectivity index (χ3v) is 1.88. The number of aliphatic hydroxyl groups excluding tert-OH is 3. The molecule has 1 aliphatic carbocycles. The van der Waals surface area contributed by atoms with E-state index in [1.807, 2.05) is 6.92 Å². The molecule has 3 nitrogen and oxygen atoms in total. The zero-order chi connectivity index (χ0) is 7.72. The predicted molar refractivity (Wildman–Crippen MR) is 36.1 cm³/mol. The highest BCUT2D eigenvalue weighted by molar-refractivity contribution is 4.95. The van der Waals surface area contributed by atoms with Crippen molar-refractivity contribution < 1.29 is 15.3 Å². The summed E-state index contributed by atoms with van der Waals surface area (Å²) in [5.74, 6) is 0.188. The Labute approximate surface area is 60.3 Å². The number of aliphatic hydroxyl groups is 3. The molecule has 10 heavy (non-hydrogen) atoms. The Morgan fingerprint density at radius 3 is 2.40 bits per heavy atom. The van der Waals surface area contributed by atoms with E-state index < -0.39 is 18.3 Å². The SMILES string of the molecule is CC1[CH]C(O)C(O)C(O)C1. The second-order valence-electron chi connectivity index (χ2n) is 2.95. The molecule has 0 aliphatic heterocycles. The minimum absolute atomic E-state index is 0.188. The summed E-state index contributed by atoms with van der Waals surface area (Å²) in [5, 5.41) is 27.2. The Kier molecular flexibility index (Phi) is 2.28. The molecule has 1 aliphatic rings. The molecule has 59 valence electrons. The monoisotopic (exact) mass is 145 g/mol. The molecule has 1 rings (SSSR count). The first-order valence-electron chi connectivity index (χ1n) is 3.50. The van der Waals surface area contributed by atoms with Crippen molar-refractivity contribution in [3.05, 3.63) is 6.42 Å². The second kappa shape index (κ2) is 2.86. The molecule has 4 atom stereocenters. The van der Waals surface area contributed by atoms with Gasteiger partial charge in [0.15, 0.2) is 0 Å². The summed E-state index contributed by atoms with van der Waals surface area (Å²) in [4.78, 5) is 0. The largest absolute Gasteiger partial charge is 0.390 e. The van der Waals surface area contributed by atoms with E-state index in [1.54, 1.807) is 6.42 Å². The van der Waals surface area contributed by atoms with Crippen LogP contribution in [0.2, 0.25) is 0 Å². The first kappa shape index (κ1) is 7.98. The summed E-state index contributed by atoms with van der Waals surface area (Å²) < 4.78 is 0. The van der Waals surface area contributed by atoms with Crippen LogP contribution < -0.4 is 0 Å². The molecule has 3 heteroatoms. The maximum Gasteiger partial charge on any atom is 0.106 e. The Hall–Kier alpha value is -0.120. The van der Waals surface area contributed by atoms with Crippen LogP contribution in [0.25, 0.3) is 0 Å². The van der Waals surface area contributed by atoms with Gasteiger partial charge < -0.3 is 15.3 Å². The van der Waals surface area contributed by atoms with Gasteiger partial charge in [-0.25, -0.2) is 0 Å². The predicted octanol–water partition coefficient (Wildman–Crippen LogP) is -0.687. The van der Waals surface area contributed by atoms with Crippen molar-refractivity contribution in [2.75, 3.05) is 0 Å². The van der Waals surface area contributed by atoms with Crippen molar-refractivity contribution in [1.82, 2.24) is 0 Å². The topological polar surface area (TPSA) is 60.7 Å². The van der Waals surface area contributed by atoms with E-state index in [2.05, 4.69) is 0 Å². The van der Waals surface area contributed by atoms with Gasteiger partial charge in [-0.2, -0.15) is 0 Å². The molecule has 1 radical (unpaired) electrons. The van der Waals surface area contributed by atoms with Crippen LogP contribution in [0.1, 0.15) is 13.3 Å². The molecule has 0 heterocycles. The summed E-state index contributed by atoms with van der Waals surface area (Å²) in [7, 11) is 0. The first-order valence-corrected chi connectivity index (χ1v) is 3.50. The lowest BCUT2D eigenvalue weighted by Crippen LogP contribution is -2.44. The molecule has 4 unspecified atom stereocenters. The molecule has 1 saturated carbocycles. The minimum Gasteiger partial charge on any atom is -0.390 e. The molecule has 0 bridgehead atoms. The molecule has 0 spiro atoms. The van der Waals surface area contributed by atoms with Gasteiger partial charge in [0.05, 0.1) is 12.2 Å². The Morgan fingerprint density at radius 2 is 1.90 bits per heavy atom. The lowest BCUT2D eigenvalue weighted by atomic mass is 9.85. The second-order valence-corrected chi connectivity index (χ2v) is 2.95. The number of rotatable bonds is 0. The Morgan fingerprint density at radius 1 is 1.30 bits per heavy atom. The lowest BCUT2D eigenvalue weighted by molar-refractivity contribution is -0.0744. The fraction of sp³-hybridized carbons (Fsp3) is 0.857. The van der Waals surface area contributed by atoms with Gasteiger partial charge in [-0.15, -0.1) is 0 Å². The van der Waals surface area contributed by atoms with Gasteiger partial charge in [0, 0.05) is 0 Å². The van der Waals surface area contributed by atoms with Crippen LogP contribution in [0.3, 0.4) is 0 Å². The van der Waals surface area contributed by atoms with Crippen LogP contribution >= 0.6 is 0 Å². The molecule has 0 amide bonds.